The Morgan fingerprint density at radius 3 is 3.00 bits per heavy atom. The van der Waals surface area contributed by atoms with Gasteiger partial charge >= 0.3 is 0 Å². The molecule has 5 nitrogen and oxygen atoms in total. The van der Waals surface area contributed by atoms with Gasteiger partial charge in [-0.1, -0.05) is 23.7 Å². The number of benzene rings is 1. The Balaban J connectivity index is 2.00. The molecule has 0 atom stereocenters. The molecule has 3 N–H and O–H groups in total. The highest BCUT2D eigenvalue weighted by atomic mass is 35.5. The number of phenols is 1. The van der Waals surface area contributed by atoms with Crippen molar-refractivity contribution in [1.82, 2.24) is 9.78 Å². The van der Waals surface area contributed by atoms with Crippen LogP contribution in [0.25, 0.3) is 0 Å². The van der Waals surface area contributed by atoms with E-state index in [0.29, 0.717) is 18.1 Å². The second kappa shape index (κ2) is 5.75. The van der Waals surface area contributed by atoms with Gasteiger partial charge in [-0.05, 0) is 6.07 Å². The maximum atomic E-state index is 9.74. The van der Waals surface area contributed by atoms with Crippen LogP contribution in [0.4, 0.5) is 5.69 Å². The van der Waals surface area contributed by atoms with Crippen LogP contribution in [0, 0.1) is 0 Å². The predicted molar refractivity (Wildman–Crippen MR) is 69.8 cm³/mol. The Kier molecular flexibility index (Phi) is 4.07. The molecule has 96 valence electrons. The number of halogens is 1. The number of aromatic nitrogens is 2. The first kappa shape index (κ1) is 12.7. The van der Waals surface area contributed by atoms with E-state index >= 15 is 0 Å². The molecule has 1 heterocycles. The van der Waals surface area contributed by atoms with Crippen LogP contribution in [0.5, 0.6) is 5.75 Å². The Morgan fingerprint density at radius 1 is 1.39 bits per heavy atom. The van der Waals surface area contributed by atoms with E-state index in [2.05, 4.69) is 10.4 Å². The van der Waals surface area contributed by atoms with Gasteiger partial charge in [0.15, 0.2) is 0 Å². The quantitative estimate of drug-likeness (QED) is 0.773. The summed E-state index contributed by atoms with van der Waals surface area (Å²) in [6.07, 6.45) is 3.45. The van der Waals surface area contributed by atoms with Gasteiger partial charge in [0, 0.05) is 18.3 Å². The van der Waals surface area contributed by atoms with Crippen LogP contribution in [0.2, 0.25) is 5.02 Å². The van der Waals surface area contributed by atoms with E-state index in [9.17, 15) is 5.11 Å². The number of aliphatic hydroxyl groups is 1. The van der Waals surface area contributed by atoms with Crippen molar-refractivity contribution in [1.29, 1.82) is 0 Å². The SMILES string of the molecule is OCCn1cc(NCc2cccc(Cl)c2O)cn1. The van der Waals surface area contributed by atoms with E-state index < -0.39 is 0 Å². The van der Waals surface area contributed by atoms with E-state index in [1.54, 1.807) is 35.3 Å². The molecule has 18 heavy (non-hydrogen) atoms. The lowest BCUT2D eigenvalue weighted by molar-refractivity contribution is 0.269. The van der Waals surface area contributed by atoms with Gasteiger partial charge in [0.2, 0.25) is 0 Å². The fourth-order valence-corrected chi connectivity index (χ4v) is 1.77. The van der Waals surface area contributed by atoms with E-state index in [1.165, 1.54) is 0 Å². The molecule has 2 aromatic rings. The maximum Gasteiger partial charge on any atom is 0.139 e. The van der Waals surface area contributed by atoms with Crippen molar-refractivity contribution >= 4 is 17.3 Å². The lowest BCUT2D eigenvalue weighted by Crippen LogP contribution is -2.02. The topological polar surface area (TPSA) is 70.3 Å². The van der Waals surface area contributed by atoms with E-state index in [-0.39, 0.29) is 12.4 Å². The molecule has 1 aromatic carbocycles. The summed E-state index contributed by atoms with van der Waals surface area (Å²) in [5.74, 6) is 0.0921. The highest BCUT2D eigenvalue weighted by molar-refractivity contribution is 6.32. The first-order chi connectivity index (χ1) is 8.70. The molecule has 0 radical (unpaired) electrons. The number of nitrogens with one attached hydrogen (secondary N) is 1. The molecular weight excluding hydrogens is 254 g/mol. The Hall–Kier alpha value is -1.72. The van der Waals surface area contributed by atoms with Crippen molar-refractivity contribution < 1.29 is 10.2 Å². The minimum Gasteiger partial charge on any atom is -0.506 e. The third-order valence-electron chi connectivity index (χ3n) is 2.52. The summed E-state index contributed by atoms with van der Waals surface area (Å²) in [5, 5.41) is 26.0. The number of hydrogen-bond donors (Lipinski definition) is 3. The molecule has 0 fully saturated rings. The first-order valence-electron chi connectivity index (χ1n) is 5.54. The molecule has 0 bridgehead atoms. The van der Waals surface area contributed by atoms with Gasteiger partial charge in [-0.15, -0.1) is 0 Å². The van der Waals surface area contributed by atoms with Crippen molar-refractivity contribution in [3.05, 3.63) is 41.2 Å². The average molecular weight is 268 g/mol. The number of rotatable bonds is 5. The van der Waals surface area contributed by atoms with Crippen molar-refractivity contribution in [3.8, 4) is 5.75 Å². The lowest BCUT2D eigenvalue weighted by Gasteiger charge is -2.07. The number of nitrogens with zero attached hydrogens (tertiary/aromatic N) is 2. The van der Waals surface area contributed by atoms with Gasteiger partial charge in [0.05, 0.1) is 30.1 Å². The number of hydrogen-bond acceptors (Lipinski definition) is 4. The molecule has 0 amide bonds. The van der Waals surface area contributed by atoms with Crippen LogP contribution < -0.4 is 5.32 Å². The second-order valence-electron chi connectivity index (χ2n) is 3.82. The Morgan fingerprint density at radius 2 is 2.22 bits per heavy atom. The van der Waals surface area contributed by atoms with E-state index in [0.717, 1.165) is 11.3 Å². The number of phenolic OH excluding ortho intramolecular Hbond substituents is 1. The summed E-state index contributed by atoms with van der Waals surface area (Å²) in [6.45, 7) is 0.970. The minimum absolute atomic E-state index is 0.0518. The monoisotopic (exact) mass is 267 g/mol. The fraction of sp³-hybridized carbons (Fsp3) is 0.250. The van der Waals surface area contributed by atoms with Crippen molar-refractivity contribution in [2.75, 3.05) is 11.9 Å². The van der Waals surface area contributed by atoms with Gasteiger partial charge in [0.1, 0.15) is 5.75 Å². The smallest absolute Gasteiger partial charge is 0.139 e. The van der Waals surface area contributed by atoms with Crippen molar-refractivity contribution in [3.63, 3.8) is 0 Å². The highest BCUT2D eigenvalue weighted by Gasteiger charge is 2.05. The predicted octanol–water partition coefficient (Wildman–Crippen LogP) is 1.85. The summed E-state index contributed by atoms with van der Waals surface area (Å²) in [7, 11) is 0. The maximum absolute atomic E-state index is 9.74. The summed E-state index contributed by atoms with van der Waals surface area (Å²) in [6, 6.07) is 5.22. The number of anilines is 1. The summed E-state index contributed by atoms with van der Waals surface area (Å²) >= 11 is 5.82. The normalized spacial score (nSPS) is 10.6. The summed E-state index contributed by atoms with van der Waals surface area (Å²) in [4.78, 5) is 0. The van der Waals surface area contributed by atoms with Crippen molar-refractivity contribution in [2.24, 2.45) is 0 Å². The number of aromatic hydroxyl groups is 1. The fourth-order valence-electron chi connectivity index (χ4n) is 1.58. The molecule has 0 aliphatic rings. The standard InChI is InChI=1S/C12H14ClN3O2/c13-11-3-1-2-9(12(11)18)6-14-10-7-15-16(8-10)4-5-17/h1-3,7-8,14,17-18H,4-6H2. The molecule has 0 aliphatic carbocycles. The zero-order chi connectivity index (χ0) is 13.0. The second-order valence-corrected chi connectivity index (χ2v) is 4.22. The highest BCUT2D eigenvalue weighted by Crippen LogP contribution is 2.27. The van der Waals surface area contributed by atoms with Crippen LogP contribution in [-0.4, -0.2) is 26.6 Å². The van der Waals surface area contributed by atoms with E-state index in [4.69, 9.17) is 16.7 Å². The molecule has 6 heteroatoms. The zero-order valence-electron chi connectivity index (χ0n) is 9.67. The van der Waals surface area contributed by atoms with Gasteiger partial charge in [-0.3, -0.25) is 4.68 Å². The molecule has 0 saturated heterocycles. The van der Waals surface area contributed by atoms with E-state index in [1.807, 2.05) is 0 Å². The van der Waals surface area contributed by atoms with Gasteiger partial charge < -0.3 is 15.5 Å². The lowest BCUT2D eigenvalue weighted by atomic mass is 10.2. The largest absolute Gasteiger partial charge is 0.506 e. The summed E-state index contributed by atoms with van der Waals surface area (Å²) < 4.78 is 1.64. The van der Waals surface area contributed by atoms with Crippen LogP contribution >= 0.6 is 11.6 Å². The van der Waals surface area contributed by atoms with Gasteiger partial charge in [-0.25, -0.2) is 0 Å². The molecule has 0 aliphatic heterocycles. The molecular formula is C12H14ClN3O2. The average Bonchev–Trinajstić information content (AvgIpc) is 2.79. The summed E-state index contributed by atoms with van der Waals surface area (Å²) in [5.41, 5.74) is 1.54. The van der Waals surface area contributed by atoms with Gasteiger partial charge in [-0.2, -0.15) is 5.10 Å². The zero-order valence-corrected chi connectivity index (χ0v) is 10.4. The molecule has 2 rings (SSSR count). The van der Waals surface area contributed by atoms with Crippen molar-refractivity contribution in [2.45, 2.75) is 13.1 Å². The third-order valence-corrected chi connectivity index (χ3v) is 2.82. The van der Waals surface area contributed by atoms with Crippen LogP contribution in [-0.2, 0) is 13.1 Å². The Bertz CT molecular complexity index is 528. The molecule has 0 saturated carbocycles. The number of aliphatic hydroxyl groups excluding tert-OH is 1. The molecule has 0 unspecified atom stereocenters. The minimum atomic E-state index is 0.0518. The van der Waals surface area contributed by atoms with Crippen LogP contribution in [0.3, 0.4) is 0 Å². The van der Waals surface area contributed by atoms with Gasteiger partial charge in [0.25, 0.3) is 0 Å². The van der Waals surface area contributed by atoms with Crippen LogP contribution in [0.15, 0.2) is 30.6 Å². The third kappa shape index (κ3) is 2.94. The first-order valence-corrected chi connectivity index (χ1v) is 5.92. The molecule has 1 aromatic heterocycles. The van der Waals surface area contributed by atoms with Crippen LogP contribution in [0.1, 0.15) is 5.56 Å². The Labute approximate surface area is 110 Å². The number of para-hydroxylation sites is 1. The molecule has 0 spiro atoms.